The number of rotatable bonds is 3. The third kappa shape index (κ3) is 2.71. The highest BCUT2D eigenvalue weighted by Crippen LogP contribution is 2.31. The SMILES string of the molecule is C[C@@H]1CCN(S(=O)(=O)c2c(Cl)nc3ccccn23)C[C@@H]1C(=O)O. The molecule has 0 spiro atoms. The molecule has 1 fully saturated rings. The molecular formula is C14H16ClN3O4S. The number of imidazole rings is 1. The molecule has 1 aliphatic rings. The summed E-state index contributed by atoms with van der Waals surface area (Å²) in [4.78, 5) is 15.4. The van der Waals surface area contributed by atoms with E-state index in [9.17, 15) is 18.3 Å². The molecule has 0 unspecified atom stereocenters. The van der Waals surface area contributed by atoms with Crippen LogP contribution in [0.2, 0.25) is 5.15 Å². The molecule has 1 aliphatic heterocycles. The van der Waals surface area contributed by atoms with Crippen molar-refractivity contribution in [2.24, 2.45) is 11.8 Å². The lowest BCUT2D eigenvalue weighted by Crippen LogP contribution is -2.46. The number of hydrogen-bond donors (Lipinski definition) is 1. The summed E-state index contributed by atoms with van der Waals surface area (Å²) in [6.07, 6.45) is 2.06. The van der Waals surface area contributed by atoms with Crippen LogP contribution in [-0.2, 0) is 14.8 Å². The number of carboxylic acids is 1. The molecule has 3 rings (SSSR count). The average Bonchev–Trinajstić information content (AvgIpc) is 2.83. The quantitative estimate of drug-likeness (QED) is 0.902. The van der Waals surface area contributed by atoms with Gasteiger partial charge in [0.2, 0.25) is 0 Å². The number of aromatic nitrogens is 2. The molecule has 2 atom stereocenters. The van der Waals surface area contributed by atoms with Gasteiger partial charge in [0.1, 0.15) is 5.65 Å². The fourth-order valence-corrected chi connectivity index (χ4v) is 4.96. The van der Waals surface area contributed by atoms with Crippen molar-refractivity contribution in [2.45, 2.75) is 18.4 Å². The van der Waals surface area contributed by atoms with E-state index in [-0.39, 0.29) is 29.2 Å². The first-order valence-electron chi connectivity index (χ1n) is 7.18. The number of halogens is 1. The molecule has 0 aliphatic carbocycles. The number of hydrogen-bond acceptors (Lipinski definition) is 4. The Morgan fingerprint density at radius 1 is 1.43 bits per heavy atom. The third-order valence-corrected chi connectivity index (χ3v) is 6.53. The topological polar surface area (TPSA) is 92.0 Å². The Bertz CT molecular complexity index is 864. The maximum atomic E-state index is 12.9. The zero-order valence-corrected chi connectivity index (χ0v) is 14.0. The van der Waals surface area contributed by atoms with Gasteiger partial charge in [0, 0.05) is 19.3 Å². The van der Waals surface area contributed by atoms with E-state index in [1.807, 2.05) is 6.92 Å². The van der Waals surface area contributed by atoms with Crippen LogP contribution < -0.4 is 0 Å². The van der Waals surface area contributed by atoms with Gasteiger partial charge in [-0.2, -0.15) is 4.31 Å². The molecule has 23 heavy (non-hydrogen) atoms. The zero-order valence-electron chi connectivity index (χ0n) is 12.4. The van der Waals surface area contributed by atoms with Gasteiger partial charge in [-0.25, -0.2) is 13.4 Å². The fourth-order valence-electron chi connectivity index (χ4n) is 2.88. The van der Waals surface area contributed by atoms with E-state index in [0.29, 0.717) is 12.1 Å². The van der Waals surface area contributed by atoms with Gasteiger partial charge in [-0.3, -0.25) is 9.20 Å². The standard InChI is InChI=1S/C14H16ClN3O4S/c1-9-5-7-17(8-10(9)14(19)20)23(21,22)13-12(15)16-11-4-2-3-6-18(11)13/h2-4,6,9-10H,5,7-8H2,1H3,(H,19,20)/t9-,10+/m1/s1. The Hall–Kier alpha value is -1.64. The first-order valence-corrected chi connectivity index (χ1v) is 8.99. The molecule has 7 nitrogen and oxygen atoms in total. The highest BCUT2D eigenvalue weighted by molar-refractivity contribution is 7.89. The summed E-state index contributed by atoms with van der Waals surface area (Å²) in [5.74, 6) is -1.78. The van der Waals surface area contributed by atoms with Gasteiger partial charge in [-0.15, -0.1) is 0 Å². The van der Waals surface area contributed by atoms with Crippen molar-refractivity contribution >= 4 is 33.2 Å². The van der Waals surface area contributed by atoms with Crippen molar-refractivity contribution in [1.29, 1.82) is 0 Å². The van der Waals surface area contributed by atoms with Gasteiger partial charge in [-0.05, 0) is 24.5 Å². The highest BCUT2D eigenvalue weighted by atomic mass is 35.5. The third-order valence-electron chi connectivity index (χ3n) is 4.27. The summed E-state index contributed by atoms with van der Waals surface area (Å²) in [6, 6.07) is 5.07. The molecule has 9 heteroatoms. The molecular weight excluding hydrogens is 342 g/mol. The Kier molecular flexibility index (Phi) is 4.07. The average molecular weight is 358 g/mol. The molecule has 2 aromatic heterocycles. The second-order valence-corrected chi connectivity index (χ2v) is 7.92. The number of carbonyl (C=O) groups is 1. The number of pyridine rings is 1. The summed E-state index contributed by atoms with van der Waals surface area (Å²) < 4.78 is 28.5. The second-order valence-electron chi connectivity index (χ2n) is 5.71. The molecule has 3 heterocycles. The molecule has 1 saturated heterocycles. The largest absolute Gasteiger partial charge is 0.481 e. The molecule has 1 N–H and O–H groups in total. The van der Waals surface area contributed by atoms with E-state index in [2.05, 4.69) is 4.98 Å². The minimum atomic E-state index is -3.93. The summed E-state index contributed by atoms with van der Waals surface area (Å²) in [7, 11) is -3.93. The summed E-state index contributed by atoms with van der Waals surface area (Å²) >= 11 is 6.04. The van der Waals surface area contributed by atoms with Gasteiger partial charge >= 0.3 is 5.97 Å². The van der Waals surface area contributed by atoms with Gasteiger partial charge in [0.15, 0.2) is 10.2 Å². The van der Waals surface area contributed by atoms with E-state index in [0.717, 1.165) is 0 Å². The lowest BCUT2D eigenvalue weighted by molar-refractivity contribution is -0.144. The van der Waals surface area contributed by atoms with Crippen LogP contribution in [0.5, 0.6) is 0 Å². The molecule has 2 aromatic rings. The number of aliphatic carboxylic acids is 1. The van der Waals surface area contributed by atoms with E-state index in [1.165, 1.54) is 8.71 Å². The fraction of sp³-hybridized carbons (Fsp3) is 0.429. The Morgan fingerprint density at radius 3 is 2.87 bits per heavy atom. The first kappa shape index (κ1) is 16.2. The predicted octanol–water partition coefficient (Wildman–Crippen LogP) is 1.72. The first-order chi connectivity index (χ1) is 10.8. The van der Waals surface area contributed by atoms with Crippen LogP contribution in [-0.4, -0.2) is 46.3 Å². The minimum absolute atomic E-state index is 0.0603. The van der Waals surface area contributed by atoms with Crippen molar-refractivity contribution in [1.82, 2.24) is 13.7 Å². The van der Waals surface area contributed by atoms with Crippen molar-refractivity contribution < 1.29 is 18.3 Å². The summed E-state index contributed by atoms with van der Waals surface area (Å²) in [5.41, 5.74) is 0.427. The Morgan fingerprint density at radius 2 is 2.17 bits per heavy atom. The van der Waals surface area contributed by atoms with E-state index in [4.69, 9.17) is 11.6 Å². The van der Waals surface area contributed by atoms with Crippen LogP contribution in [0.4, 0.5) is 0 Å². The number of sulfonamides is 1. The molecule has 0 amide bonds. The van der Waals surface area contributed by atoms with Crippen LogP contribution in [0.25, 0.3) is 5.65 Å². The highest BCUT2D eigenvalue weighted by Gasteiger charge is 2.39. The smallest absolute Gasteiger partial charge is 0.308 e. The minimum Gasteiger partial charge on any atom is -0.481 e. The van der Waals surface area contributed by atoms with Crippen molar-refractivity contribution in [2.75, 3.05) is 13.1 Å². The molecule has 124 valence electrons. The summed E-state index contributed by atoms with van der Waals surface area (Å²) in [5, 5.41) is 9.06. The number of carboxylic acid groups (broad SMARTS) is 1. The lowest BCUT2D eigenvalue weighted by atomic mass is 9.88. The Labute approximate surface area is 138 Å². The molecule has 0 bridgehead atoms. The van der Waals surface area contributed by atoms with Crippen molar-refractivity contribution in [3.05, 3.63) is 29.5 Å². The van der Waals surface area contributed by atoms with Crippen LogP contribution in [0.15, 0.2) is 29.4 Å². The van der Waals surface area contributed by atoms with Crippen molar-refractivity contribution in [3.8, 4) is 0 Å². The van der Waals surface area contributed by atoms with Crippen LogP contribution >= 0.6 is 11.6 Å². The van der Waals surface area contributed by atoms with Crippen molar-refractivity contribution in [3.63, 3.8) is 0 Å². The van der Waals surface area contributed by atoms with Crippen LogP contribution in [0.1, 0.15) is 13.3 Å². The molecule has 0 radical (unpaired) electrons. The number of piperidine rings is 1. The number of fused-ring (bicyclic) bond motifs is 1. The maximum absolute atomic E-state index is 12.9. The van der Waals surface area contributed by atoms with Crippen LogP contribution in [0, 0.1) is 11.8 Å². The van der Waals surface area contributed by atoms with E-state index < -0.39 is 21.9 Å². The number of nitrogens with zero attached hydrogens (tertiary/aromatic N) is 3. The van der Waals surface area contributed by atoms with Gasteiger partial charge in [0.25, 0.3) is 10.0 Å². The lowest BCUT2D eigenvalue weighted by Gasteiger charge is -2.33. The Balaban J connectivity index is 2.04. The monoisotopic (exact) mass is 357 g/mol. The van der Waals surface area contributed by atoms with Gasteiger partial charge in [-0.1, -0.05) is 24.6 Å². The maximum Gasteiger partial charge on any atom is 0.308 e. The van der Waals surface area contributed by atoms with Gasteiger partial charge in [0.05, 0.1) is 5.92 Å². The van der Waals surface area contributed by atoms with E-state index >= 15 is 0 Å². The molecule has 0 saturated carbocycles. The zero-order chi connectivity index (χ0) is 16.8. The second kappa shape index (κ2) is 5.77. The van der Waals surface area contributed by atoms with Crippen LogP contribution in [0.3, 0.4) is 0 Å². The van der Waals surface area contributed by atoms with Gasteiger partial charge < -0.3 is 5.11 Å². The summed E-state index contributed by atoms with van der Waals surface area (Å²) in [6.45, 7) is 2.03. The van der Waals surface area contributed by atoms with E-state index in [1.54, 1.807) is 24.4 Å². The predicted molar refractivity (Wildman–Crippen MR) is 83.9 cm³/mol. The normalized spacial score (nSPS) is 23.2. The molecule has 0 aromatic carbocycles.